The lowest BCUT2D eigenvalue weighted by molar-refractivity contribution is -0.141. The second-order valence-corrected chi connectivity index (χ2v) is 5.65. The van der Waals surface area contributed by atoms with Gasteiger partial charge in [-0.1, -0.05) is 19.9 Å². The maximum absolute atomic E-state index is 12.2. The molecule has 5 heteroatoms. The summed E-state index contributed by atoms with van der Waals surface area (Å²) in [6.45, 7) is 3.63. The molecule has 1 aliphatic rings. The average Bonchev–Trinajstić information content (AvgIpc) is 2.60. The van der Waals surface area contributed by atoms with Crippen molar-refractivity contribution in [2.45, 2.75) is 33.4 Å². The molecule has 1 aromatic carbocycles. The fraction of sp³-hybridized carbons (Fsp3) is 0.467. The molecule has 0 bridgehead atoms. The first-order valence-electron chi connectivity index (χ1n) is 6.50. The molecule has 1 fully saturated rings. The van der Waals surface area contributed by atoms with Crippen molar-refractivity contribution in [1.82, 2.24) is 4.90 Å². The summed E-state index contributed by atoms with van der Waals surface area (Å²) in [5.74, 6) is 0.267. The Morgan fingerprint density at radius 1 is 1.35 bits per heavy atom. The summed E-state index contributed by atoms with van der Waals surface area (Å²) in [6, 6.07) is 5.24. The van der Waals surface area contributed by atoms with Crippen molar-refractivity contribution < 1.29 is 19.4 Å². The van der Waals surface area contributed by atoms with Crippen LogP contribution in [-0.4, -0.2) is 28.9 Å². The fourth-order valence-corrected chi connectivity index (χ4v) is 2.41. The van der Waals surface area contributed by atoms with Gasteiger partial charge >= 0.3 is 0 Å². The maximum atomic E-state index is 12.2. The van der Waals surface area contributed by atoms with E-state index in [0.29, 0.717) is 5.75 Å². The first-order valence-corrected chi connectivity index (χ1v) is 6.50. The molecule has 108 valence electrons. The van der Waals surface area contributed by atoms with Gasteiger partial charge in [-0.15, -0.1) is 0 Å². The first kappa shape index (κ1) is 14.5. The zero-order valence-electron chi connectivity index (χ0n) is 12.0. The third-order valence-corrected chi connectivity index (χ3v) is 3.57. The van der Waals surface area contributed by atoms with Crippen molar-refractivity contribution in [2.75, 3.05) is 7.11 Å². The van der Waals surface area contributed by atoms with Crippen molar-refractivity contribution in [3.05, 3.63) is 29.3 Å². The molecule has 0 atom stereocenters. The number of imide groups is 1. The van der Waals surface area contributed by atoms with Crippen LogP contribution >= 0.6 is 0 Å². The Morgan fingerprint density at radius 3 is 2.55 bits per heavy atom. The molecule has 1 heterocycles. The largest absolute Gasteiger partial charge is 0.496 e. The molecular weight excluding hydrogens is 258 g/mol. The van der Waals surface area contributed by atoms with E-state index in [1.54, 1.807) is 32.0 Å². The number of nitrogens with zero attached hydrogens (tertiary/aromatic N) is 1. The number of rotatable bonds is 4. The molecule has 20 heavy (non-hydrogen) atoms. The Balaban J connectivity index is 2.30. The number of hydrogen-bond acceptors (Lipinski definition) is 4. The summed E-state index contributed by atoms with van der Waals surface area (Å²) in [5.41, 5.74) is 0.802. The Morgan fingerprint density at radius 2 is 2.05 bits per heavy atom. The zero-order chi connectivity index (χ0) is 14.9. The maximum Gasteiger partial charge on any atom is 0.235 e. The van der Waals surface area contributed by atoms with Gasteiger partial charge in [-0.2, -0.15) is 0 Å². The Kier molecular flexibility index (Phi) is 3.81. The lowest BCUT2D eigenvalue weighted by atomic mass is 9.92. The number of carbonyl (C=O) groups excluding carboxylic acids is 2. The van der Waals surface area contributed by atoms with Crippen molar-refractivity contribution >= 4 is 11.8 Å². The van der Waals surface area contributed by atoms with Crippen molar-refractivity contribution in [1.29, 1.82) is 0 Å². The van der Waals surface area contributed by atoms with E-state index in [2.05, 4.69) is 0 Å². The SMILES string of the molecule is COc1ccc(CO)cc1CN1C(=O)CC(C)(C)C1=O. The van der Waals surface area contributed by atoms with Gasteiger partial charge in [0.05, 0.1) is 25.7 Å². The van der Waals surface area contributed by atoms with Gasteiger partial charge in [-0.3, -0.25) is 14.5 Å². The number of hydrogen-bond donors (Lipinski definition) is 1. The molecule has 1 aromatic rings. The van der Waals surface area contributed by atoms with Crippen LogP contribution in [0, 0.1) is 5.41 Å². The molecule has 2 rings (SSSR count). The fourth-order valence-electron chi connectivity index (χ4n) is 2.41. The van der Waals surface area contributed by atoms with Gasteiger partial charge in [-0.05, 0) is 17.7 Å². The van der Waals surface area contributed by atoms with Gasteiger partial charge in [0.25, 0.3) is 0 Å². The van der Waals surface area contributed by atoms with Gasteiger partial charge in [0.2, 0.25) is 11.8 Å². The van der Waals surface area contributed by atoms with Crippen molar-refractivity contribution in [3.8, 4) is 5.75 Å². The quantitative estimate of drug-likeness (QED) is 0.846. The molecule has 0 saturated carbocycles. The summed E-state index contributed by atoms with van der Waals surface area (Å²) in [7, 11) is 1.54. The first-order chi connectivity index (χ1) is 9.39. The van der Waals surface area contributed by atoms with Crippen LogP contribution in [-0.2, 0) is 22.7 Å². The van der Waals surface area contributed by atoms with Crippen LogP contribution in [0.1, 0.15) is 31.4 Å². The highest BCUT2D eigenvalue weighted by atomic mass is 16.5. The number of amides is 2. The van der Waals surface area contributed by atoms with Crippen LogP contribution in [0.2, 0.25) is 0 Å². The number of aliphatic hydroxyl groups excluding tert-OH is 1. The number of aliphatic hydroxyl groups is 1. The molecule has 0 aliphatic carbocycles. The second-order valence-electron chi connectivity index (χ2n) is 5.65. The van der Waals surface area contributed by atoms with E-state index < -0.39 is 5.41 Å². The van der Waals surface area contributed by atoms with E-state index in [1.165, 1.54) is 12.0 Å². The number of ether oxygens (including phenoxy) is 1. The number of methoxy groups -OCH3 is 1. The van der Waals surface area contributed by atoms with E-state index in [9.17, 15) is 14.7 Å². The standard InChI is InChI=1S/C15H19NO4/c1-15(2)7-13(18)16(14(15)19)8-11-6-10(9-17)4-5-12(11)20-3/h4-6,17H,7-9H2,1-3H3. The molecular formula is C15H19NO4. The van der Waals surface area contributed by atoms with Gasteiger partial charge in [0.1, 0.15) is 5.75 Å². The van der Waals surface area contributed by atoms with E-state index in [-0.39, 0.29) is 31.4 Å². The van der Waals surface area contributed by atoms with Gasteiger partial charge in [0.15, 0.2) is 0 Å². The average molecular weight is 277 g/mol. The zero-order valence-corrected chi connectivity index (χ0v) is 12.0. The molecule has 1 saturated heterocycles. The lowest BCUT2D eigenvalue weighted by Crippen LogP contribution is -2.32. The summed E-state index contributed by atoms with van der Waals surface area (Å²) in [6.07, 6.45) is 0.230. The Bertz CT molecular complexity index is 551. The molecule has 1 aliphatic heterocycles. The minimum absolute atomic E-state index is 0.0929. The van der Waals surface area contributed by atoms with E-state index in [0.717, 1.165) is 11.1 Å². The van der Waals surface area contributed by atoms with Crippen LogP contribution in [0.5, 0.6) is 5.75 Å². The molecule has 2 amide bonds. The predicted octanol–water partition coefficient (Wildman–Crippen LogP) is 1.47. The minimum atomic E-state index is -0.640. The summed E-state index contributed by atoms with van der Waals surface area (Å²) >= 11 is 0. The van der Waals surface area contributed by atoms with Gasteiger partial charge in [-0.25, -0.2) is 0 Å². The van der Waals surface area contributed by atoms with E-state index in [1.807, 2.05) is 0 Å². The van der Waals surface area contributed by atoms with E-state index in [4.69, 9.17) is 4.74 Å². The highest BCUT2D eigenvalue weighted by Gasteiger charge is 2.44. The molecule has 0 spiro atoms. The minimum Gasteiger partial charge on any atom is -0.496 e. The number of likely N-dealkylation sites (tertiary alicyclic amines) is 1. The number of benzene rings is 1. The summed E-state index contributed by atoms with van der Waals surface area (Å²) in [4.78, 5) is 25.4. The lowest BCUT2D eigenvalue weighted by Gasteiger charge is -2.19. The molecule has 0 aromatic heterocycles. The van der Waals surface area contributed by atoms with Crippen molar-refractivity contribution in [3.63, 3.8) is 0 Å². The van der Waals surface area contributed by atoms with E-state index >= 15 is 0 Å². The molecule has 1 N–H and O–H groups in total. The Labute approximate surface area is 118 Å². The van der Waals surface area contributed by atoms with Gasteiger partial charge < -0.3 is 9.84 Å². The third-order valence-electron chi connectivity index (χ3n) is 3.57. The van der Waals surface area contributed by atoms with Crippen LogP contribution in [0.15, 0.2) is 18.2 Å². The molecule has 0 radical (unpaired) electrons. The normalized spacial score (nSPS) is 17.7. The highest BCUT2D eigenvalue weighted by molar-refractivity contribution is 6.05. The summed E-state index contributed by atoms with van der Waals surface area (Å²) in [5, 5.41) is 9.19. The summed E-state index contributed by atoms with van der Waals surface area (Å²) < 4.78 is 5.25. The Hall–Kier alpha value is -1.88. The number of carbonyl (C=O) groups is 2. The second kappa shape index (κ2) is 5.25. The predicted molar refractivity (Wildman–Crippen MR) is 72.9 cm³/mol. The monoisotopic (exact) mass is 277 g/mol. The van der Waals surface area contributed by atoms with Crippen molar-refractivity contribution in [2.24, 2.45) is 5.41 Å². The molecule has 5 nitrogen and oxygen atoms in total. The molecule has 0 unspecified atom stereocenters. The van der Waals surface area contributed by atoms with Crippen LogP contribution in [0.25, 0.3) is 0 Å². The highest BCUT2D eigenvalue weighted by Crippen LogP contribution is 2.33. The topological polar surface area (TPSA) is 66.8 Å². The van der Waals surface area contributed by atoms with Crippen LogP contribution in [0.3, 0.4) is 0 Å². The van der Waals surface area contributed by atoms with Crippen LogP contribution < -0.4 is 4.74 Å². The smallest absolute Gasteiger partial charge is 0.235 e. The van der Waals surface area contributed by atoms with Gasteiger partial charge in [0, 0.05) is 12.0 Å². The van der Waals surface area contributed by atoms with Crippen LogP contribution in [0.4, 0.5) is 0 Å². The third kappa shape index (κ3) is 2.54.